The van der Waals surface area contributed by atoms with Gasteiger partial charge >= 0.3 is 0 Å². The summed E-state index contributed by atoms with van der Waals surface area (Å²) in [5.41, 5.74) is 4.17. The van der Waals surface area contributed by atoms with Crippen LogP contribution in [0.5, 0.6) is 0 Å². The van der Waals surface area contributed by atoms with E-state index in [2.05, 4.69) is 36.8 Å². The van der Waals surface area contributed by atoms with Crippen LogP contribution in [0.1, 0.15) is 25.7 Å². The number of fused-ring (bicyclic) bond motifs is 1. The maximum absolute atomic E-state index is 12.0. The fourth-order valence-electron chi connectivity index (χ4n) is 2.70. The number of hydrogen-bond acceptors (Lipinski definition) is 4. The van der Waals surface area contributed by atoms with Crippen molar-refractivity contribution < 1.29 is 4.79 Å². The van der Waals surface area contributed by atoms with Crippen molar-refractivity contribution in [3.8, 4) is 0 Å². The van der Waals surface area contributed by atoms with Gasteiger partial charge in [0.25, 0.3) is 5.91 Å². The molecule has 1 aromatic rings. The van der Waals surface area contributed by atoms with Gasteiger partial charge in [-0.15, -0.1) is 0 Å². The highest BCUT2D eigenvalue weighted by Gasteiger charge is 2.31. The summed E-state index contributed by atoms with van der Waals surface area (Å²) in [5.74, 6) is -0.125. The van der Waals surface area contributed by atoms with Crippen molar-refractivity contribution in [2.24, 2.45) is 10.1 Å². The van der Waals surface area contributed by atoms with Crippen molar-refractivity contribution in [3.63, 3.8) is 0 Å². The van der Waals surface area contributed by atoms with Crippen molar-refractivity contribution in [3.05, 3.63) is 28.7 Å². The summed E-state index contributed by atoms with van der Waals surface area (Å²) >= 11 is 3.38. The molecule has 1 saturated carbocycles. The van der Waals surface area contributed by atoms with Crippen LogP contribution in [0.25, 0.3) is 0 Å². The standard InChI is InChI=1S/C15H17BrN4O/c16-10-5-7-11(8-6-10)20-17-9-14-15(21)19-13-4-2-1-3-12(13)18-14/h5-9,12-13,20H,1-4H2,(H,19,21)/b17-9+. The summed E-state index contributed by atoms with van der Waals surface area (Å²) in [7, 11) is 0. The van der Waals surface area contributed by atoms with E-state index in [-0.39, 0.29) is 18.0 Å². The summed E-state index contributed by atoms with van der Waals surface area (Å²) in [4.78, 5) is 16.5. The first-order valence-corrected chi connectivity index (χ1v) is 7.95. The topological polar surface area (TPSA) is 65.8 Å². The molecule has 0 saturated heterocycles. The minimum atomic E-state index is -0.125. The fourth-order valence-corrected chi connectivity index (χ4v) is 2.96. The van der Waals surface area contributed by atoms with Gasteiger partial charge in [-0.25, -0.2) is 0 Å². The first-order valence-electron chi connectivity index (χ1n) is 7.16. The molecule has 0 bridgehead atoms. The van der Waals surface area contributed by atoms with Crippen LogP contribution in [0.2, 0.25) is 0 Å². The van der Waals surface area contributed by atoms with E-state index in [4.69, 9.17) is 0 Å². The number of aliphatic imine (C=N–C) groups is 1. The van der Waals surface area contributed by atoms with Gasteiger partial charge in [0.05, 0.1) is 24.0 Å². The van der Waals surface area contributed by atoms with Crippen molar-refractivity contribution in [2.75, 3.05) is 5.43 Å². The predicted octanol–water partition coefficient (Wildman–Crippen LogP) is 2.73. The van der Waals surface area contributed by atoms with Gasteiger partial charge in [0.2, 0.25) is 0 Å². The van der Waals surface area contributed by atoms with E-state index in [1.165, 1.54) is 19.1 Å². The third-order valence-corrected chi connectivity index (χ3v) is 4.34. The molecule has 5 nitrogen and oxygen atoms in total. The van der Waals surface area contributed by atoms with E-state index in [1.54, 1.807) is 0 Å². The average molecular weight is 349 g/mol. The van der Waals surface area contributed by atoms with Crippen molar-refractivity contribution in [1.82, 2.24) is 5.32 Å². The molecule has 0 spiro atoms. The number of hydrogen-bond donors (Lipinski definition) is 2. The second-order valence-corrected chi connectivity index (χ2v) is 6.24. The van der Waals surface area contributed by atoms with E-state index in [1.807, 2.05) is 24.3 Å². The van der Waals surface area contributed by atoms with E-state index >= 15 is 0 Å². The predicted molar refractivity (Wildman–Crippen MR) is 87.9 cm³/mol. The van der Waals surface area contributed by atoms with E-state index < -0.39 is 0 Å². The van der Waals surface area contributed by atoms with Crippen LogP contribution in [-0.4, -0.2) is 29.9 Å². The van der Waals surface area contributed by atoms with Crippen LogP contribution >= 0.6 is 15.9 Å². The number of hydrazone groups is 1. The molecule has 0 aromatic heterocycles. The Morgan fingerprint density at radius 1 is 1.29 bits per heavy atom. The molecular weight excluding hydrogens is 332 g/mol. The number of amides is 1. The number of rotatable bonds is 3. The Labute approximate surface area is 132 Å². The molecule has 1 heterocycles. The SMILES string of the molecule is O=C1NC2CCCCC2N=C1/C=N/Nc1ccc(Br)cc1. The number of carbonyl (C=O) groups excluding carboxylic acids is 1. The molecule has 2 N–H and O–H groups in total. The highest BCUT2D eigenvalue weighted by atomic mass is 79.9. The highest BCUT2D eigenvalue weighted by molar-refractivity contribution is 9.10. The summed E-state index contributed by atoms with van der Waals surface area (Å²) in [6, 6.07) is 8.08. The number of nitrogens with zero attached hydrogens (tertiary/aromatic N) is 2. The van der Waals surface area contributed by atoms with Gasteiger partial charge in [-0.2, -0.15) is 5.10 Å². The Morgan fingerprint density at radius 3 is 2.86 bits per heavy atom. The van der Waals surface area contributed by atoms with Gasteiger partial charge in [0.15, 0.2) is 0 Å². The molecule has 1 aromatic carbocycles. The average Bonchev–Trinajstić information content (AvgIpc) is 2.50. The molecule has 0 radical (unpaired) electrons. The van der Waals surface area contributed by atoms with Crippen LogP contribution in [0, 0.1) is 0 Å². The normalized spacial score (nSPS) is 25.2. The van der Waals surface area contributed by atoms with Crippen LogP contribution in [0.3, 0.4) is 0 Å². The molecule has 1 aliphatic carbocycles. The lowest BCUT2D eigenvalue weighted by molar-refractivity contribution is -0.116. The quantitative estimate of drug-likeness (QED) is 0.651. The Hall–Kier alpha value is -1.69. The van der Waals surface area contributed by atoms with Gasteiger partial charge < -0.3 is 5.32 Å². The Balaban J connectivity index is 1.65. The highest BCUT2D eigenvalue weighted by Crippen LogP contribution is 2.23. The smallest absolute Gasteiger partial charge is 0.271 e. The molecule has 2 atom stereocenters. The monoisotopic (exact) mass is 348 g/mol. The molecule has 1 amide bonds. The molecule has 1 fully saturated rings. The van der Waals surface area contributed by atoms with Gasteiger partial charge in [0.1, 0.15) is 5.71 Å². The summed E-state index contributed by atoms with van der Waals surface area (Å²) in [6.07, 6.45) is 5.93. The van der Waals surface area contributed by atoms with E-state index in [0.29, 0.717) is 5.71 Å². The zero-order valence-corrected chi connectivity index (χ0v) is 13.1. The van der Waals surface area contributed by atoms with E-state index in [9.17, 15) is 4.79 Å². The molecule has 110 valence electrons. The summed E-state index contributed by atoms with van der Waals surface area (Å²) in [6.45, 7) is 0. The number of benzene rings is 1. The largest absolute Gasteiger partial charge is 0.346 e. The number of anilines is 1. The summed E-state index contributed by atoms with van der Waals surface area (Å²) < 4.78 is 1.01. The van der Waals surface area contributed by atoms with Crippen molar-refractivity contribution in [1.29, 1.82) is 0 Å². The minimum Gasteiger partial charge on any atom is -0.346 e. The molecule has 1 aliphatic heterocycles. The van der Waals surface area contributed by atoms with Gasteiger partial charge in [-0.05, 0) is 37.1 Å². The van der Waals surface area contributed by atoms with Crippen LogP contribution < -0.4 is 10.7 Å². The molecule has 3 rings (SSSR count). The van der Waals surface area contributed by atoms with Gasteiger partial charge in [-0.3, -0.25) is 15.2 Å². The van der Waals surface area contributed by atoms with Gasteiger partial charge in [-0.1, -0.05) is 28.8 Å². The maximum Gasteiger partial charge on any atom is 0.271 e. The second kappa shape index (κ2) is 6.39. The first kappa shape index (κ1) is 14.3. The van der Waals surface area contributed by atoms with Crippen molar-refractivity contribution in [2.45, 2.75) is 37.8 Å². The molecule has 2 unspecified atom stereocenters. The molecular formula is C15H17BrN4O. The second-order valence-electron chi connectivity index (χ2n) is 5.32. The Bertz CT molecular complexity index is 582. The third kappa shape index (κ3) is 3.50. The fraction of sp³-hybridized carbons (Fsp3) is 0.400. The molecule has 21 heavy (non-hydrogen) atoms. The summed E-state index contributed by atoms with van der Waals surface area (Å²) in [5, 5.41) is 7.13. The number of halogens is 1. The van der Waals surface area contributed by atoms with Crippen molar-refractivity contribution >= 4 is 39.5 Å². The molecule has 2 aliphatic rings. The zero-order valence-electron chi connectivity index (χ0n) is 11.6. The van der Waals surface area contributed by atoms with Gasteiger partial charge in [0, 0.05) is 4.47 Å². The number of carbonyl (C=O) groups is 1. The van der Waals surface area contributed by atoms with Crippen LogP contribution in [-0.2, 0) is 4.79 Å². The lowest BCUT2D eigenvalue weighted by Gasteiger charge is -2.32. The Morgan fingerprint density at radius 2 is 2.05 bits per heavy atom. The maximum atomic E-state index is 12.0. The Kier molecular flexibility index (Phi) is 4.34. The van der Waals surface area contributed by atoms with Crippen LogP contribution in [0.4, 0.5) is 5.69 Å². The lowest BCUT2D eigenvalue weighted by Crippen LogP contribution is -2.51. The molecule has 6 heteroatoms. The minimum absolute atomic E-state index is 0.125. The first-order chi connectivity index (χ1) is 10.2. The van der Waals surface area contributed by atoms with E-state index in [0.717, 1.165) is 23.0 Å². The number of nitrogens with one attached hydrogen (secondary N) is 2. The lowest BCUT2D eigenvalue weighted by atomic mass is 9.89. The third-order valence-electron chi connectivity index (χ3n) is 3.81. The zero-order chi connectivity index (χ0) is 14.7. The van der Waals surface area contributed by atoms with Crippen LogP contribution in [0.15, 0.2) is 38.8 Å².